The van der Waals surface area contributed by atoms with Crippen molar-refractivity contribution in [3.63, 3.8) is 0 Å². The van der Waals surface area contributed by atoms with Crippen molar-refractivity contribution in [2.24, 2.45) is 11.1 Å². The summed E-state index contributed by atoms with van der Waals surface area (Å²) in [5, 5.41) is 3.26. The van der Waals surface area contributed by atoms with Gasteiger partial charge in [-0.05, 0) is 18.4 Å². The van der Waals surface area contributed by atoms with Gasteiger partial charge in [0.2, 0.25) is 5.88 Å². The summed E-state index contributed by atoms with van der Waals surface area (Å²) in [6, 6.07) is 1.78. The van der Waals surface area contributed by atoms with Crippen molar-refractivity contribution in [3.8, 4) is 5.88 Å². The molecule has 0 saturated carbocycles. The molecule has 0 aliphatic carbocycles. The summed E-state index contributed by atoms with van der Waals surface area (Å²) in [6.07, 6.45) is 2.46. The highest BCUT2D eigenvalue weighted by Crippen LogP contribution is 2.20. The van der Waals surface area contributed by atoms with Gasteiger partial charge in [-0.1, -0.05) is 13.8 Å². The fourth-order valence-electron chi connectivity index (χ4n) is 1.36. The summed E-state index contributed by atoms with van der Waals surface area (Å²) in [5.74, 6) is 1.34. The Morgan fingerprint density at radius 3 is 2.81 bits per heavy atom. The van der Waals surface area contributed by atoms with Gasteiger partial charge in [-0.3, -0.25) is 0 Å². The van der Waals surface area contributed by atoms with Crippen molar-refractivity contribution >= 4 is 5.82 Å². The van der Waals surface area contributed by atoms with Crippen LogP contribution in [0.4, 0.5) is 5.82 Å². The Morgan fingerprint density at radius 1 is 1.44 bits per heavy atom. The molecule has 3 N–H and O–H groups in total. The molecular formula is C11H20N4O. The second-order valence-electron chi connectivity index (χ2n) is 4.50. The smallest absolute Gasteiger partial charge is 0.218 e. The fourth-order valence-corrected chi connectivity index (χ4v) is 1.36. The highest BCUT2D eigenvalue weighted by atomic mass is 16.5. The minimum atomic E-state index is 0.160. The molecule has 1 aromatic heterocycles. The largest absolute Gasteiger partial charge is 0.481 e. The normalized spacial score (nSPS) is 11.2. The number of nitrogens with two attached hydrogens (primary N) is 1. The predicted octanol–water partition coefficient (Wildman–Crippen LogP) is 1.27. The Labute approximate surface area is 96.4 Å². The lowest BCUT2D eigenvalue weighted by molar-refractivity contribution is 0.364. The molecule has 0 radical (unpaired) electrons. The van der Waals surface area contributed by atoms with Crippen molar-refractivity contribution in [2.75, 3.05) is 25.5 Å². The number of hydrogen-bond donors (Lipinski definition) is 2. The molecule has 5 nitrogen and oxygen atoms in total. The lowest BCUT2D eigenvalue weighted by Gasteiger charge is -2.24. The number of ether oxygens (including phenoxy) is 1. The summed E-state index contributed by atoms with van der Waals surface area (Å²) >= 11 is 0. The fraction of sp³-hybridized carbons (Fsp3) is 0.636. The Balaban J connectivity index is 2.53. The number of nitrogens with one attached hydrogen (secondary N) is 1. The van der Waals surface area contributed by atoms with Crippen LogP contribution in [-0.4, -0.2) is 30.2 Å². The zero-order chi connectivity index (χ0) is 12.0. The summed E-state index contributed by atoms with van der Waals surface area (Å²) in [6.45, 7) is 5.86. The van der Waals surface area contributed by atoms with Crippen LogP contribution in [-0.2, 0) is 0 Å². The molecule has 0 amide bonds. The molecule has 0 aliphatic heterocycles. The Morgan fingerprint density at radius 2 is 2.19 bits per heavy atom. The van der Waals surface area contributed by atoms with Gasteiger partial charge in [0, 0.05) is 12.6 Å². The maximum Gasteiger partial charge on any atom is 0.218 e. The quantitative estimate of drug-likeness (QED) is 0.761. The maximum atomic E-state index is 5.56. The number of nitrogens with zero attached hydrogens (tertiary/aromatic N) is 2. The zero-order valence-electron chi connectivity index (χ0n) is 10.2. The number of aromatic nitrogens is 2. The SMILES string of the molecule is COc1cc(NCC(C)(C)CCN)ncn1. The van der Waals surface area contributed by atoms with Crippen molar-refractivity contribution in [1.29, 1.82) is 0 Å². The van der Waals surface area contributed by atoms with E-state index in [0.717, 1.165) is 18.8 Å². The monoisotopic (exact) mass is 224 g/mol. The van der Waals surface area contributed by atoms with Crippen LogP contribution in [0.25, 0.3) is 0 Å². The highest BCUT2D eigenvalue weighted by molar-refractivity contribution is 5.37. The minimum absolute atomic E-state index is 0.160. The zero-order valence-corrected chi connectivity index (χ0v) is 10.2. The van der Waals surface area contributed by atoms with E-state index in [1.54, 1.807) is 13.2 Å². The van der Waals surface area contributed by atoms with Gasteiger partial charge in [0.15, 0.2) is 0 Å². The van der Waals surface area contributed by atoms with E-state index in [2.05, 4.69) is 29.1 Å². The number of hydrogen-bond acceptors (Lipinski definition) is 5. The molecular weight excluding hydrogens is 204 g/mol. The molecule has 5 heteroatoms. The van der Waals surface area contributed by atoms with Gasteiger partial charge < -0.3 is 15.8 Å². The molecule has 0 unspecified atom stereocenters. The van der Waals surface area contributed by atoms with Crippen LogP contribution >= 0.6 is 0 Å². The van der Waals surface area contributed by atoms with Crippen LogP contribution in [0.3, 0.4) is 0 Å². The topological polar surface area (TPSA) is 73.1 Å². The van der Waals surface area contributed by atoms with E-state index in [9.17, 15) is 0 Å². The van der Waals surface area contributed by atoms with Crippen LogP contribution in [0.5, 0.6) is 5.88 Å². The first-order valence-corrected chi connectivity index (χ1v) is 5.37. The highest BCUT2D eigenvalue weighted by Gasteiger charge is 2.16. The van der Waals surface area contributed by atoms with Gasteiger partial charge in [-0.15, -0.1) is 0 Å². The van der Waals surface area contributed by atoms with E-state index in [4.69, 9.17) is 10.5 Å². The molecule has 0 atom stereocenters. The Kier molecular flexibility index (Phi) is 4.49. The predicted molar refractivity (Wildman–Crippen MR) is 64.5 cm³/mol. The van der Waals surface area contributed by atoms with Crippen molar-refractivity contribution < 1.29 is 4.74 Å². The van der Waals surface area contributed by atoms with E-state index in [1.807, 2.05) is 0 Å². The van der Waals surface area contributed by atoms with E-state index >= 15 is 0 Å². The lowest BCUT2D eigenvalue weighted by atomic mass is 9.89. The molecule has 0 spiro atoms. The Hall–Kier alpha value is -1.36. The van der Waals surface area contributed by atoms with Crippen LogP contribution < -0.4 is 15.8 Å². The first-order chi connectivity index (χ1) is 7.57. The number of rotatable bonds is 6. The van der Waals surface area contributed by atoms with Gasteiger partial charge in [-0.25, -0.2) is 9.97 Å². The number of anilines is 1. The summed E-state index contributed by atoms with van der Waals surface area (Å²) in [7, 11) is 1.59. The van der Waals surface area contributed by atoms with Gasteiger partial charge in [0.05, 0.1) is 7.11 Å². The lowest BCUT2D eigenvalue weighted by Crippen LogP contribution is -2.26. The third-order valence-corrected chi connectivity index (χ3v) is 2.42. The van der Waals surface area contributed by atoms with Gasteiger partial charge in [0.1, 0.15) is 12.1 Å². The standard InChI is InChI=1S/C11H20N4O/c1-11(2,4-5-12)7-13-9-6-10(16-3)15-8-14-9/h6,8H,4-5,7,12H2,1-3H3,(H,13,14,15). The van der Waals surface area contributed by atoms with Crippen molar-refractivity contribution in [1.82, 2.24) is 9.97 Å². The van der Waals surface area contributed by atoms with Gasteiger partial charge in [-0.2, -0.15) is 0 Å². The number of methoxy groups -OCH3 is 1. The second kappa shape index (κ2) is 5.65. The molecule has 1 rings (SSSR count). The van der Waals surface area contributed by atoms with Gasteiger partial charge >= 0.3 is 0 Å². The summed E-state index contributed by atoms with van der Waals surface area (Å²) < 4.78 is 5.02. The average molecular weight is 224 g/mol. The Bertz CT molecular complexity index is 328. The molecule has 1 aromatic rings. The average Bonchev–Trinajstić information content (AvgIpc) is 2.27. The van der Waals surface area contributed by atoms with Gasteiger partial charge in [0.25, 0.3) is 0 Å². The minimum Gasteiger partial charge on any atom is -0.481 e. The maximum absolute atomic E-state index is 5.56. The first kappa shape index (κ1) is 12.7. The van der Waals surface area contributed by atoms with E-state index in [-0.39, 0.29) is 5.41 Å². The summed E-state index contributed by atoms with van der Waals surface area (Å²) in [4.78, 5) is 8.06. The molecule has 0 fully saturated rings. The molecule has 0 bridgehead atoms. The van der Waals surface area contributed by atoms with Crippen LogP contribution in [0.2, 0.25) is 0 Å². The van der Waals surface area contributed by atoms with E-state index in [1.165, 1.54) is 6.33 Å². The third-order valence-electron chi connectivity index (χ3n) is 2.42. The van der Waals surface area contributed by atoms with Crippen LogP contribution in [0.15, 0.2) is 12.4 Å². The van der Waals surface area contributed by atoms with E-state index < -0.39 is 0 Å². The second-order valence-corrected chi connectivity index (χ2v) is 4.50. The first-order valence-electron chi connectivity index (χ1n) is 5.37. The van der Waals surface area contributed by atoms with E-state index in [0.29, 0.717) is 12.4 Å². The summed E-state index contributed by atoms with van der Waals surface area (Å²) in [5.41, 5.74) is 5.72. The van der Waals surface area contributed by atoms with Crippen LogP contribution in [0, 0.1) is 5.41 Å². The molecule has 16 heavy (non-hydrogen) atoms. The van der Waals surface area contributed by atoms with Crippen LogP contribution in [0.1, 0.15) is 20.3 Å². The van der Waals surface area contributed by atoms with Crippen molar-refractivity contribution in [2.45, 2.75) is 20.3 Å². The molecule has 1 heterocycles. The van der Waals surface area contributed by atoms with Crippen molar-refractivity contribution in [3.05, 3.63) is 12.4 Å². The molecule has 0 aliphatic rings. The molecule has 0 aromatic carbocycles. The third kappa shape index (κ3) is 4.02. The molecule has 90 valence electrons. The molecule has 0 saturated heterocycles.